The van der Waals surface area contributed by atoms with Gasteiger partial charge >= 0.3 is 23.9 Å². The first-order valence-electron chi connectivity index (χ1n) is 9.13. The van der Waals surface area contributed by atoms with Gasteiger partial charge in [0.05, 0.1) is 13.7 Å². The Morgan fingerprint density at radius 2 is 1.40 bits per heavy atom. The second-order valence-electron chi connectivity index (χ2n) is 6.47. The summed E-state index contributed by atoms with van der Waals surface area (Å²) >= 11 is 0. The minimum Gasteiger partial charge on any atom is -0.467 e. The highest BCUT2D eigenvalue weighted by Gasteiger charge is 2.54. The highest BCUT2D eigenvalue weighted by molar-refractivity contribution is 5.77. The van der Waals surface area contributed by atoms with E-state index in [2.05, 4.69) is 0 Å². The lowest BCUT2D eigenvalue weighted by atomic mass is 9.97. The number of benzene rings is 1. The average molecular weight is 424 g/mol. The van der Waals surface area contributed by atoms with E-state index in [9.17, 15) is 19.2 Å². The largest absolute Gasteiger partial charge is 0.467 e. The number of esters is 4. The Kier molecular flexibility index (Phi) is 8.31. The number of carbonyl (C=O) groups is 4. The molecule has 0 aromatic heterocycles. The third kappa shape index (κ3) is 6.26. The van der Waals surface area contributed by atoms with Crippen molar-refractivity contribution in [2.75, 3.05) is 7.11 Å². The van der Waals surface area contributed by atoms with Gasteiger partial charge in [-0.2, -0.15) is 0 Å². The lowest BCUT2D eigenvalue weighted by Crippen LogP contribution is -2.63. The first-order valence-corrected chi connectivity index (χ1v) is 9.13. The quantitative estimate of drug-likeness (QED) is 0.460. The van der Waals surface area contributed by atoms with E-state index in [0.717, 1.165) is 33.4 Å². The number of rotatable bonds is 7. The molecule has 1 aromatic carbocycles. The fourth-order valence-electron chi connectivity index (χ4n) is 2.97. The SMILES string of the molecule is COC(=O)C1O[C@@H](OC(C)=O)C(OC(C)=O)[C@H](OCc2ccccc2)[C@H]1OC(C)=O. The van der Waals surface area contributed by atoms with Gasteiger partial charge in [0.15, 0.2) is 18.3 Å². The maximum absolute atomic E-state index is 12.3. The molecule has 0 aliphatic carbocycles. The number of methoxy groups -OCH3 is 1. The van der Waals surface area contributed by atoms with E-state index in [1.165, 1.54) is 0 Å². The minimum atomic E-state index is -1.48. The summed E-state index contributed by atoms with van der Waals surface area (Å²) in [6, 6.07) is 9.01. The van der Waals surface area contributed by atoms with Crippen molar-refractivity contribution in [2.45, 2.75) is 58.1 Å². The van der Waals surface area contributed by atoms with E-state index in [-0.39, 0.29) is 6.61 Å². The molecule has 1 aliphatic heterocycles. The topological polar surface area (TPSA) is 124 Å². The zero-order valence-corrected chi connectivity index (χ0v) is 17.1. The Morgan fingerprint density at radius 1 is 0.833 bits per heavy atom. The Bertz CT molecular complexity index is 762. The van der Waals surface area contributed by atoms with Gasteiger partial charge in [0, 0.05) is 20.8 Å². The van der Waals surface area contributed by atoms with Crippen molar-refractivity contribution < 1.29 is 47.6 Å². The highest BCUT2D eigenvalue weighted by Crippen LogP contribution is 2.30. The van der Waals surface area contributed by atoms with Crippen LogP contribution in [0.2, 0.25) is 0 Å². The third-order valence-corrected chi connectivity index (χ3v) is 4.10. The molecule has 10 heteroatoms. The minimum absolute atomic E-state index is 0.0295. The molecule has 2 rings (SSSR count). The summed E-state index contributed by atoms with van der Waals surface area (Å²) < 4.78 is 31.8. The van der Waals surface area contributed by atoms with E-state index >= 15 is 0 Å². The van der Waals surface area contributed by atoms with E-state index in [1.807, 2.05) is 6.07 Å². The van der Waals surface area contributed by atoms with Crippen LogP contribution < -0.4 is 0 Å². The zero-order valence-electron chi connectivity index (χ0n) is 17.1. The normalized spacial score (nSPS) is 25.7. The van der Waals surface area contributed by atoms with Crippen LogP contribution in [0.25, 0.3) is 0 Å². The predicted molar refractivity (Wildman–Crippen MR) is 98.6 cm³/mol. The first-order chi connectivity index (χ1) is 14.2. The van der Waals surface area contributed by atoms with E-state index in [4.69, 9.17) is 28.4 Å². The molecule has 1 heterocycles. The van der Waals surface area contributed by atoms with Crippen LogP contribution in [-0.2, 0) is 54.2 Å². The molecular formula is C20H24O10. The molecule has 1 aromatic rings. The number of carbonyl (C=O) groups excluding carboxylic acids is 4. The Labute approximate surface area is 173 Å². The molecule has 164 valence electrons. The summed E-state index contributed by atoms with van der Waals surface area (Å²) in [4.78, 5) is 47.2. The average Bonchev–Trinajstić information content (AvgIpc) is 2.68. The fraction of sp³-hybridized carbons (Fsp3) is 0.500. The zero-order chi connectivity index (χ0) is 22.3. The molecule has 0 amide bonds. The molecule has 0 saturated carbocycles. The van der Waals surface area contributed by atoms with Gasteiger partial charge < -0.3 is 28.4 Å². The fourth-order valence-corrected chi connectivity index (χ4v) is 2.97. The summed E-state index contributed by atoms with van der Waals surface area (Å²) in [6.45, 7) is 3.44. The summed E-state index contributed by atoms with van der Waals surface area (Å²) in [5.41, 5.74) is 0.769. The monoisotopic (exact) mass is 424 g/mol. The van der Waals surface area contributed by atoms with E-state index < -0.39 is 54.6 Å². The summed E-state index contributed by atoms with van der Waals surface area (Å²) in [5.74, 6) is -3.06. The highest BCUT2D eigenvalue weighted by atomic mass is 16.7. The molecule has 0 N–H and O–H groups in total. The first kappa shape index (κ1) is 23.3. The van der Waals surface area contributed by atoms with Crippen LogP contribution in [0, 0.1) is 0 Å². The van der Waals surface area contributed by atoms with Gasteiger partial charge in [0.1, 0.15) is 6.10 Å². The van der Waals surface area contributed by atoms with Crippen molar-refractivity contribution >= 4 is 23.9 Å². The third-order valence-electron chi connectivity index (χ3n) is 4.10. The molecule has 1 saturated heterocycles. The number of ether oxygens (including phenoxy) is 6. The van der Waals surface area contributed by atoms with Crippen molar-refractivity contribution in [3.8, 4) is 0 Å². The van der Waals surface area contributed by atoms with Crippen LogP contribution in [0.1, 0.15) is 26.3 Å². The lowest BCUT2D eigenvalue weighted by molar-refractivity contribution is -0.299. The summed E-state index contributed by atoms with van der Waals surface area (Å²) in [7, 11) is 1.12. The molecule has 30 heavy (non-hydrogen) atoms. The van der Waals surface area contributed by atoms with Gasteiger partial charge in [-0.05, 0) is 5.56 Å². The van der Waals surface area contributed by atoms with Gasteiger partial charge in [-0.15, -0.1) is 0 Å². The molecule has 2 unspecified atom stereocenters. The maximum Gasteiger partial charge on any atom is 0.339 e. The molecule has 0 radical (unpaired) electrons. The molecule has 10 nitrogen and oxygen atoms in total. The summed E-state index contributed by atoms with van der Waals surface area (Å²) in [5, 5.41) is 0. The summed E-state index contributed by atoms with van der Waals surface area (Å²) in [6.07, 6.45) is -6.78. The van der Waals surface area contributed by atoms with Crippen LogP contribution >= 0.6 is 0 Å². The maximum atomic E-state index is 12.3. The second kappa shape index (κ2) is 10.7. The van der Waals surface area contributed by atoms with Gasteiger partial charge in [0.2, 0.25) is 6.29 Å². The molecular weight excluding hydrogens is 400 g/mol. The van der Waals surface area contributed by atoms with Crippen LogP contribution in [0.3, 0.4) is 0 Å². The molecule has 1 fully saturated rings. The Balaban J connectivity index is 2.42. The standard InChI is InChI=1S/C20H24O10/c1-11(21)27-16-15(26-10-14-8-6-5-7-9-14)18(28-12(2)22)20(29-13(3)23)30-17(16)19(24)25-4/h5-9,15-18,20H,10H2,1-4H3/t15-,16-,17?,18?,20-/m1/s1. The van der Waals surface area contributed by atoms with Gasteiger partial charge in [-0.25, -0.2) is 4.79 Å². The van der Waals surface area contributed by atoms with E-state index in [0.29, 0.717) is 0 Å². The van der Waals surface area contributed by atoms with Crippen molar-refractivity contribution in [1.82, 2.24) is 0 Å². The predicted octanol–water partition coefficient (Wildman–Crippen LogP) is 0.896. The van der Waals surface area contributed by atoms with Gasteiger partial charge in [0.25, 0.3) is 0 Å². The van der Waals surface area contributed by atoms with Crippen molar-refractivity contribution in [3.05, 3.63) is 35.9 Å². The Morgan fingerprint density at radius 3 is 1.93 bits per heavy atom. The van der Waals surface area contributed by atoms with Crippen LogP contribution in [0.15, 0.2) is 30.3 Å². The molecule has 5 atom stereocenters. The van der Waals surface area contributed by atoms with Crippen LogP contribution in [0.4, 0.5) is 0 Å². The number of hydrogen-bond acceptors (Lipinski definition) is 10. The van der Waals surface area contributed by atoms with Crippen molar-refractivity contribution in [2.24, 2.45) is 0 Å². The lowest BCUT2D eigenvalue weighted by Gasteiger charge is -2.43. The molecule has 0 spiro atoms. The van der Waals surface area contributed by atoms with Crippen molar-refractivity contribution in [1.29, 1.82) is 0 Å². The van der Waals surface area contributed by atoms with Crippen molar-refractivity contribution in [3.63, 3.8) is 0 Å². The Hall–Kier alpha value is -2.98. The molecule has 1 aliphatic rings. The van der Waals surface area contributed by atoms with Crippen LogP contribution in [-0.4, -0.2) is 61.7 Å². The second-order valence-corrected chi connectivity index (χ2v) is 6.47. The van der Waals surface area contributed by atoms with Crippen LogP contribution in [0.5, 0.6) is 0 Å². The molecule has 0 bridgehead atoms. The van der Waals surface area contributed by atoms with Gasteiger partial charge in [-0.3, -0.25) is 14.4 Å². The number of hydrogen-bond donors (Lipinski definition) is 0. The smallest absolute Gasteiger partial charge is 0.339 e. The van der Waals surface area contributed by atoms with Gasteiger partial charge in [-0.1, -0.05) is 30.3 Å². The van der Waals surface area contributed by atoms with E-state index in [1.54, 1.807) is 24.3 Å².